The van der Waals surface area contributed by atoms with Gasteiger partial charge in [-0.3, -0.25) is 10.1 Å². The first-order valence-corrected chi connectivity index (χ1v) is 5.58. The van der Waals surface area contributed by atoms with Gasteiger partial charge in [-0.2, -0.15) is 0 Å². The minimum Gasteiger partial charge on any atom is -0.454 e. The molecule has 0 aromatic heterocycles. The Bertz CT molecular complexity index is 493. The van der Waals surface area contributed by atoms with Gasteiger partial charge in [-0.15, -0.1) is 19.0 Å². The molecule has 19 heavy (non-hydrogen) atoms. The SMILES string of the molecule is C=CCC[C@H](N)c1cc2c(cc1[N+](=O)[O-])OCO2.Cl. The van der Waals surface area contributed by atoms with Crippen LogP contribution >= 0.6 is 12.4 Å². The Kier molecular flexibility index (Phi) is 5.14. The van der Waals surface area contributed by atoms with E-state index in [4.69, 9.17) is 15.2 Å². The maximum absolute atomic E-state index is 11.0. The third-order valence-electron chi connectivity index (χ3n) is 2.80. The van der Waals surface area contributed by atoms with E-state index in [9.17, 15) is 10.1 Å². The molecule has 0 fully saturated rings. The number of rotatable bonds is 5. The van der Waals surface area contributed by atoms with Crippen molar-refractivity contribution in [3.05, 3.63) is 40.5 Å². The van der Waals surface area contributed by atoms with Crippen LogP contribution in [0.4, 0.5) is 5.69 Å². The number of hydrogen-bond donors (Lipinski definition) is 1. The molecule has 0 amide bonds. The number of fused-ring (bicyclic) bond motifs is 1. The lowest BCUT2D eigenvalue weighted by molar-refractivity contribution is -0.385. The maximum atomic E-state index is 11.0. The highest BCUT2D eigenvalue weighted by Crippen LogP contribution is 2.40. The van der Waals surface area contributed by atoms with Gasteiger partial charge in [0.25, 0.3) is 5.69 Å². The summed E-state index contributed by atoms with van der Waals surface area (Å²) in [5.41, 5.74) is 6.40. The van der Waals surface area contributed by atoms with Gasteiger partial charge in [0.05, 0.1) is 16.6 Å². The van der Waals surface area contributed by atoms with Crippen LogP contribution in [0.3, 0.4) is 0 Å². The van der Waals surface area contributed by atoms with Crippen LogP contribution in [-0.2, 0) is 0 Å². The van der Waals surface area contributed by atoms with Crippen molar-refractivity contribution in [3.8, 4) is 11.5 Å². The molecule has 0 spiro atoms. The Labute approximate surface area is 116 Å². The topological polar surface area (TPSA) is 87.6 Å². The summed E-state index contributed by atoms with van der Waals surface area (Å²) in [4.78, 5) is 10.6. The van der Waals surface area contributed by atoms with Crippen LogP contribution in [0.5, 0.6) is 11.5 Å². The van der Waals surface area contributed by atoms with E-state index in [1.54, 1.807) is 12.1 Å². The van der Waals surface area contributed by atoms with Crippen LogP contribution in [0, 0.1) is 10.1 Å². The van der Waals surface area contributed by atoms with E-state index in [0.717, 1.165) is 0 Å². The van der Waals surface area contributed by atoms with Crippen molar-refractivity contribution in [3.63, 3.8) is 0 Å². The largest absolute Gasteiger partial charge is 0.454 e. The fourth-order valence-electron chi connectivity index (χ4n) is 1.85. The lowest BCUT2D eigenvalue weighted by Crippen LogP contribution is -2.12. The number of nitrogens with two attached hydrogens (primary N) is 1. The highest BCUT2D eigenvalue weighted by molar-refractivity contribution is 5.85. The molecular weight excluding hydrogens is 272 g/mol. The van der Waals surface area contributed by atoms with Crippen LogP contribution < -0.4 is 15.2 Å². The summed E-state index contributed by atoms with van der Waals surface area (Å²) in [5.74, 6) is 0.894. The van der Waals surface area contributed by atoms with Crippen molar-refractivity contribution >= 4 is 18.1 Å². The second kappa shape index (κ2) is 6.40. The van der Waals surface area contributed by atoms with Gasteiger partial charge in [0, 0.05) is 6.04 Å². The molecule has 0 saturated carbocycles. The number of ether oxygens (including phenoxy) is 2. The molecular formula is C12H15ClN2O4. The molecule has 0 bridgehead atoms. The summed E-state index contributed by atoms with van der Waals surface area (Å²) in [7, 11) is 0. The van der Waals surface area contributed by atoms with Crippen molar-refractivity contribution in [1.82, 2.24) is 0 Å². The molecule has 1 heterocycles. The summed E-state index contributed by atoms with van der Waals surface area (Å²) < 4.78 is 10.3. The summed E-state index contributed by atoms with van der Waals surface area (Å²) in [5, 5.41) is 11.0. The summed E-state index contributed by atoms with van der Waals surface area (Å²) in [6.45, 7) is 3.69. The third-order valence-corrected chi connectivity index (χ3v) is 2.80. The average molecular weight is 287 g/mol. The standard InChI is InChI=1S/C12H14N2O4.ClH/c1-2-3-4-9(13)8-5-11-12(18-7-17-11)6-10(8)14(15)16;/h2,5-6,9H,1,3-4,7,13H2;1H/t9-;/m0./s1. The molecule has 0 unspecified atom stereocenters. The minimum absolute atomic E-state index is 0. The van der Waals surface area contributed by atoms with Crippen molar-refractivity contribution < 1.29 is 14.4 Å². The lowest BCUT2D eigenvalue weighted by Gasteiger charge is -2.11. The number of benzene rings is 1. The molecule has 0 aliphatic carbocycles. The number of nitro groups is 1. The summed E-state index contributed by atoms with van der Waals surface area (Å²) in [6.07, 6.45) is 3.04. The molecule has 0 saturated heterocycles. The third kappa shape index (κ3) is 3.15. The average Bonchev–Trinajstić information content (AvgIpc) is 2.81. The van der Waals surface area contributed by atoms with Gasteiger partial charge in [0.1, 0.15) is 0 Å². The molecule has 6 nitrogen and oxygen atoms in total. The van der Waals surface area contributed by atoms with E-state index >= 15 is 0 Å². The molecule has 2 N–H and O–H groups in total. The van der Waals surface area contributed by atoms with Gasteiger partial charge in [-0.25, -0.2) is 0 Å². The smallest absolute Gasteiger partial charge is 0.278 e. The van der Waals surface area contributed by atoms with Gasteiger partial charge in [-0.05, 0) is 18.9 Å². The van der Waals surface area contributed by atoms with Crippen LogP contribution in [0.25, 0.3) is 0 Å². The molecule has 1 aliphatic heterocycles. The number of nitro benzene ring substituents is 1. The van der Waals surface area contributed by atoms with Crippen LogP contribution in [0.1, 0.15) is 24.4 Å². The Hall–Kier alpha value is -1.79. The molecule has 1 aromatic rings. The molecule has 2 rings (SSSR count). The van der Waals surface area contributed by atoms with Crippen molar-refractivity contribution in [1.29, 1.82) is 0 Å². The maximum Gasteiger partial charge on any atom is 0.278 e. The zero-order valence-electron chi connectivity index (χ0n) is 10.2. The van der Waals surface area contributed by atoms with Gasteiger partial charge in [0.2, 0.25) is 6.79 Å². The number of nitrogens with zero attached hydrogens (tertiary/aromatic N) is 1. The molecule has 1 atom stereocenters. The van der Waals surface area contributed by atoms with Crippen LogP contribution in [0.2, 0.25) is 0 Å². The lowest BCUT2D eigenvalue weighted by atomic mass is 10.0. The van der Waals surface area contributed by atoms with Crippen molar-refractivity contribution in [2.45, 2.75) is 18.9 Å². The highest BCUT2D eigenvalue weighted by atomic mass is 35.5. The molecule has 7 heteroatoms. The van der Waals surface area contributed by atoms with E-state index in [2.05, 4.69) is 6.58 Å². The summed E-state index contributed by atoms with van der Waals surface area (Å²) in [6, 6.07) is 2.54. The van der Waals surface area contributed by atoms with Crippen LogP contribution in [0.15, 0.2) is 24.8 Å². The van der Waals surface area contributed by atoms with E-state index in [0.29, 0.717) is 29.9 Å². The Morgan fingerprint density at radius 3 is 2.68 bits per heavy atom. The second-order valence-electron chi connectivity index (χ2n) is 3.99. The number of allylic oxidation sites excluding steroid dienone is 1. The zero-order valence-corrected chi connectivity index (χ0v) is 11.0. The van der Waals surface area contributed by atoms with E-state index in [-0.39, 0.29) is 24.9 Å². The Morgan fingerprint density at radius 1 is 1.47 bits per heavy atom. The van der Waals surface area contributed by atoms with Gasteiger partial charge in [0.15, 0.2) is 11.5 Å². The monoisotopic (exact) mass is 286 g/mol. The second-order valence-corrected chi connectivity index (χ2v) is 3.99. The molecule has 0 radical (unpaired) electrons. The first kappa shape index (κ1) is 15.3. The van der Waals surface area contributed by atoms with Gasteiger partial charge < -0.3 is 15.2 Å². The summed E-state index contributed by atoms with van der Waals surface area (Å²) >= 11 is 0. The van der Waals surface area contributed by atoms with Crippen molar-refractivity contribution in [2.75, 3.05) is 6.79 Å². The zero-order chi connectivity index (χ0) is 13.1. The fourth-order valence-corrected chi connectivity index (χ4v) is 1.85. The Morgan fingerprint density at radius 2 is 2.11 bits per heavy atom. The fraction of sp³-hybridized carbons (Fsp3) is 0.333. The first-order valence-electron chi connectivity index (χ1n) is 5.58. The van der Waals surface area contributed by atoms with Crippen molar-refractivity contribution in [2.24, 2.45) is 5.73 Å². The van der Waals surface area contributed by atoms with E-state index in [1.165, 1.54) is 6.07 Å². The quantitative estimate of drug-likeness (QED) is 0.511. The normalized spacial score (nSPS) is 13.5. The predicted molar refractivity (Wildman–Crippen MR) is 72.8 cm³/mol. The Balaban J connectivity index is 0.00000180. The predicted octanol–water partition coefficient (Wildman–Crippen LogP) is 2.71. The molecule has 1 aliphatic rings. The number of hydrogen-bond acceptors (Lipinski definition) is 5. The van der Waals surface area contributed by atoms with Crippen LogP contribution in [-0.4, -0.2) is 11.7 Å². The minimum atomic E-state index is -0.453. The van der Waals surface area contributed by atoms with E-state index < -0.39 is 11.0 Å². The first-order chi connectivity index (χ1) is 8.63. The van der Waals surface area contributed by atoms with Gasteiger partial charge >= 0.3 is 0 Å². The van der Waals surface area contributed by atoms with Gasteiger partial charge in [-0.1, -0.05) is 6.08 Å². The molecule has 104 valence electrons. The highest BCUT2D eigenvalue weighted by Gasteiger charge is 2.26. The number of halogens is 1. The molecule has 1 aromatic carbocycles. The van der Waals surface area contributed by atoms with E-state index in [1.807, 2.05) is 0 Å².